The van der Waals surface area contributed by atoms with Crippen molar-refractivity contribution < 1.29 is 14.4 Å². The Bertz CT molecular complexity index is 634. The summed E-state index contributed by atoms with van der Waals surface area (Å²) in [5.41, 5.74) is 1.29. The van der Waals surface area contributed by atoms with E-state index in [1.807, 2.05) is 20.8 Å². The highest BCUT2D eigenvalue weighted by atomic mass is 16.6. The molecule has 130 valence electrons. The third-order valence-electron chi connectivity index (χ3n) is 5.07. The minimum atomic E-state index is -0.443. The molecule has 0 saturated heterocycles. The van der Waals surface area contributed by atoms with E-state index >= 15 is 0 Å². The number of carbonyl (C=O) groups excluding carboxylic acids is 2. The number of hydrogen-bond donors (Lipinski definition) is 2. The zero-order valence-electron chi connectivity index (χ0n) is 14.5. The summed E-state index contributed by atoms with van der Waals surface area (Å²) >= 11 is 0. The monoisotopic (exact) mass is 331 g/mol. The van der Waals surface area contributed by atoms with E-state index in [9.17, 15) is 9.59 Å². The van der Waals surface area contributed by atoms with Gasteiger partial charge in [-0.1, -0.05) is 17.7 Å². The molecule has 0 aromatic carbocycles. The number of nitrogens with one attached hydrogen (secondary N) is 2. The van der Waals surface area contributed by atoms with E-state index in [2.05, 4.69) is 15.8 Å². The summed E-state index contributed by atoms with van der Waals surface area (Å²) in [5, 5.41) is 9.57. The molecule has 6 heteroatoms. The molecule has 2 saturated carbocycles. The molecule has 1 spiro atoms. The Balaban J connectivity index is 1.65. The maximum atomic E-state index is 12.4. The number of nitrogens with zero attached hydrogens (tertiary/aromatic N) is 1. The van der Waals surface area contributed by atoms with E-state index in [1.54, 1.807) is 12.2 Å². The molecule has 2 amide bonds. The van der Waals surface area contributed by atoms with Crippen molar-refractivity contribution in [1.82, 2.24) is 10.6 Å². The van der Waals surface area contributed by atoms with Crippen molar-refractivity contribution in [3.8, 4) is 0 Å². The molecule has 0 aromatic rings. The highest BCUT2D eigenvalue weighted by Gasteiger charge is 2.48. The zero-order chi connectivity index (χ0) is 17.3. The third-order valence-corrected chi connectivity index (χ3v) is 5.07. The van der Waals surface area contributed by atoms with Crippen molar-refractivity contribution in [1.29, 1.82) is 0 Å². The van der Waals surface area contributed by atoms with Crippen LogP contribution in [0.15, 0.2) is 28.5 Å². The van der Waals surface area contributed by atoms with Crippen LogP contribution in [0.1, 0.15) is 52.9 Å². The third kappa shape index (κ3) is 3.23. The van der Waals surface area contributed by atoms with Gasteiger partial charge in [0.1, 0.15) is 11.7 Å². The van der Waals surface area contributed by atoms with Gasteiger partial charge in [-0.15, -0.1) is 0 Å². The molecule has 0 radical (unpaired) electrons. The lowest BCUT2D eigenvalue weighted by molar-refractivity contribution is -0.125. The first kappa shape index (κ1) is 16.7. The zero-order valence-corrected chi connectivity index (χ0v) is 14.5. The van der Waals surface area contributed by atoms with E-state index in [0.29, 0.717) is 16.8 Å². The minimum Gasteiger partial charge on any atom is -0.391 e. The van der Waals surface area contributed by atoms with Crippen molar-refractivity contribution in [3.05, 3.63) is 23.3 Å². The van der Waals surface area contributed by atoms with Gasteiger partial charge in [0.25, 0.3) is 11.8 Å². The first-order chi connectivity index (χ1) is 11.4. The summed E-state index contributed by atoms with van der Waals surface area (Å²) in [6.07, 6.45) is 9.23. The van der Waals surface area contributed by atoms with E-state index in [1.165, 1.54) is 19.3 Å². The Morgan fingerprint density at radius 1 is 1.46 bits per heavy atom. The molecular weight excluding hydrogens is 306 g/mol. The van der Waals surface area contributed by atoms with Crippen LogP contribution in [-0.2, 0) is 14.4 Å². The summed E-state index contributed by atoms with van der Waals surface area (Å²) in [7, 11) is 0. The molecule has 0 atom stereocenters. The standard InChI is InChI=1S/C18H25N3O3/c1-4-12-8-14(17(23)20-15(12)21-24-11(2)3)16(22)19-13-9-18(10-13)6-5-7-18/h4,8,11,13H,5-7,9-10H2,1-3H3,(H,19,22)(H,20,21,23)/b12-4-. The van der Waals surface area contributed by atoms with Crippen molar-refractivity contribution in [2.45, 2.75) is 65.0 Å². The minimum absolute atomic E-state index is 0.0846. The lowest BCUT2D eigenvalue weighted by atomic mass is 9.54. The first-order valence-electron chi connectivity index (χ1n) is 8.67. The van der Waals surface area contributed by atoms with Gasteiger partial charge in [-0.2, -0.15) is 0 Å². The van der Waals surface area contributed by atoms with E-state index < -0.39 is 5.91 Å². The molecule has 24 heavy (non-hydrogen) atoms. The number of carbonyl (C=O) groups is 2. The summed E-state index contributed by atoms with van der Waals surface area (Å²) in [4.78, 5) is 29.8. The second-order valence-corrected chi connectivity index (χ2v) is 7.28. The molecule has 0 bridgehead atoms. The van der Waals surface area contributed by atoms with Crippen LogP contribution >= 0.6 is 0 Å². The second-order valence-electron chi connectivity index (χ2n) is 7.28. The van der Waals surface area contributed by atoms with E-state index in [4.69, 9.17) is 4.84 Å². The van der Waals surface area contributed by atoms with Crippen LogP contribution in [0.25, 0.3) is 0 Å². The molecule has 6 nitrogen and oxygen atoms in total. The van der Waals surface area contributed by atoms with Gasteiger partial charge in [-0.05, 0) is 57.9 Å². The number of rotatable bonds is 4. The topological polar surface area (TPSA) is 79.8 Å². The van der Waals surface area contributed by atoms with Crippen LogP contribution in [0, 0.1) is 5.41 Å². The Kier molecular flexibility index (Phi) is 4.47. The molecule has 3 aliphatic rings. The predicted molar refractivity (Wildman–Crippen MR) is 91.1 cm³/mol. The molecule has 0 aromatic heterocycles. The maximum Gasteiger partial charge on any atom is 0.262 e. The van der Waals surface area contributed by atoms with Gasteiger partial charge in [-0.3, -0.25) is 9.59 Å². The van der Waals surface area contributed by atoms with Crippen molar-refractivity contribution in [3.63, 3.8) is 0 Å². The van der Waals surface area contributed by atoms with E-state index in [0.717, 1.165) is 12.8 Å². The Labute approximate surface area is 142 Å². The number of allylic oxidation sites excluding steroid dienone is 1. The fourth-order valence-corrected chi connectivity index (χ4v) is 3.59. The van der Waals surface area contributed by atoms with Crippen LogP contribution < -0.4 is 10.6 Å². The van der Waals surface area contributed by atoms with Gasteiger partial charge in [0.2, 0.25) is 0 Å². The fraction of sp³-hybridized carbons (Fsp3) is 0.611. The van der Waals surface area contributed by atoms with Gasteiger partial charge < -0.3 is 15.5 Å². The summed E-state index contributed by atoms with van der Waals surface area (Å²) in [5.74, 6) is -0.415. The lowest BCUT2D eigenvalue weighted by Crippen LogP contribution is -2.54. The van der Waals surface area contributed by atoms with Gasteiger partial charge in [0.15, 0.2) is 5.84 Å². The van der Waals surface area contributed by atoms with Gasteiger partial charge >= 0.3 is 0 Å². The average molecular weight is 331 g/mol. The normalized spacial score (nSPS) is 26.0. The largest absolute Gasteiger partial charge is 0.391 e. The highest BCUT2D eigenvalue weighted by Crippen LogP contribution is 2.55. The van der Waals surface area contributed by atoms with E-state index in [-0.39, 0.29) is 23.6 Å². The van der Waals surface area contributed by atoms with Gasteiger partial charge in [0.05, 0.1) is 0 Å². The van der Waals surface area contributed by atoms with Crippen LogP contribution in [0.5, 0.6) is 0 Å². The van der Waals surface area contributed by atoms with Gasteiger partial charge in [-0.25, -0.2) is 0 Å². The quantitative estimate of drug-likeness (QED) is 0.612. The molecule has 3 rings (SSSR count). The average Bonchev–Trinajstić information content (AvgIpc) is 2.46. The number of amidine groups is 1. The molecule has 1 heterocycles. The summed E-state index contributed by atoms with van der Waals surface area (Å²) in [6.45, 7) is 5.54. The molecule has 1 aliphatic heterocycles. The summed E-state index contributed by atoms with van der Waals surface area (Å²) in [6, 6.07) is 0.194. The second kappa shape index (κ2) is 6.42. The highest BCUT2D eigenvalue weighted by molar-refractivity contribution is 6.28. The van der Waals surface area contributed by atoms with Crippen LogP contribution in [0.3, 0.4) is 0 Å². The Morgan fingerprint density at radius 3 is 2.71 bits per heavy atom. The van der Waals surface area contributed by atoms with Crippen LogP contribution in [-0.4, -0.2) is 29.8 Å². The fourth-order valence-electron chi connectivity index (χ4n) is 3.59. The molecule has 0 unspecified atom stereocenters. The van der Waals surface area contributed by atoms with Crippen molar-refractivity contribution in [2.24, 2.45) is 10.6 Å². The number of hydrogen-bond acceptors (Lipinski definition) is 4. The summed E-state index contributed by atoms with van der Waals surface area (Å²) < 4.78 is 0. The smallest absolute Gasteiger partial charge is 0.262 e. The van der Waals surface area contributed by atoms with Crippen molar-refractivity contribution in [2.75, 3.05) is 0 Å². The molecular formula is C18H25N3O3. The predicted octanol–water partition coefficient (Wildman–Crippen LogP) is 2.18. The van der Waals surface area contributed by atoms with Crippen molar-refractivity contribution >= 4 is 17.6 Å². The lowest BCUT2D eigenvalue weighted by Gasteiger charge is -2.54. The van der Waals surface area contributed by atoms with Crippen LogP contribution in [0.2, 0.25) is 0 Å². The Hall–Kier alpha value is -2.11. The molecule has 2 fully saturated rings. The van der Waals surface area contributed by atoms with Gasteiger partial charge in [0, 0.05) is 11.6 Å². The molecule has 2 N–H and O–H groups in total. The first-order valence-corrected chi connectivity index (χ1v) is 8.67. The Morgan fingerprint density at radius 2 is 2.17 bits per heavy atom. The molecule has 2 aliphatic carbocycles. The number of amides is 2. The maximum absolute atomic E-state index is 12.4. The SMILES string of the molecule is C/C=C1/C=C(C(=O)NC2CC3(CCC3)C2)C(=O)N/C1=N/OC(C)C. The van der Waals surface area contributed by atoms with Crippen LogP contribution in [0.4, 0.5) is 0 Å². The number of oxime groups is 1.